The van der Waals surface area contributed by atoms with Gasteiger partial charge in [0.25, 0.3) is 0 Å². The van der Waals surface area contributed by atoms with E-state index in [1.807, 2.05) is 11.9 Å². The Balaban J connectivity index is 3.04. The van der Waals surface area contributed by atoms with E-state index in [2.05, 4.69) is 4.52 Å². The van der Waals surface area contributed by atoms with E-state index in [4.69, 9.17) is 5.11 Å². The third-order valence-electron chi connectivity index (χ3n) is 1.12. The van der Waals surface area contributed by atoms with E-state index in [-0.39, 0.29) is 6.61 Å². The lowest BCUT2D eigenvalue weighted by Crippen LogP contribution is -2.25. The molecule has 0 bridgehead atoms. The van der Waals surface area contributed by atoms with Crippen LogP contribution in [0.1, 0.15) is 0 Å². The summed E-state index contributed by atoms with van der Waals surface area (Å²) in [6.45, 7) is 1.94. The maximum absolute atomic E-state index is 9.81. The molecule has 0 aliphatic heterocycles. The van der Waals surface area contributed by atoms with Crippen LogP contribution in [0.25, 0.3) is 0 Å². The second-order valence-electron chi connectivity index (χ2n) is 1.96. The maximum Gasteiger partial charge on any atom is 0.494 e. The van der Waals surface area contributed by atoms with Crippen LogP contribution in [0.5, 0.6) is 0 Å². The average Bonchev–Trinajstić information content (AvgIpc) is 1.89. The highest BCUT2D eigenvalue weighted by atomic mass is 31.1. The number of rotatable bonds is 6. The van der Waals surface area contributed by atoms with Gasteiger partial charge in [-0.25, -0.2) is 0 Å². The van der Waals surface area contributed by atoms with E-state index < -0.39 is 8.69 Å². The van der Waals surface area contributed by atoms with E-state index in [1.165, 1.54) is 0 Å². The van der Waals surface area contributed by atoms with Crippen molar-refractivity contribution in [3.8, 4) is 0 Å². The maximum atomic E-state index is 9.81. The molecule has 0 saturated carbocycles. The van der Waals surface area contributed by atoms with E-state index in [0.29, 0.717) is 19.7 Å². The van der Waals surface area contributed by atoms with Gasteiger partial charge in [0.15, 0.2) is 0 Å². The molecule has 0 saturated heterocycles. The molecule has 0 rings (SSSR count). The van der Waals surface area contributed by atoms with Crippen LogP contribution in [0.2, 0.25) is 0 Å². The molecule has 0 fully saturated rings. The fourth-order valence-electron chi connectivity index (χ4n) is 0.526. The van der Waals surface area contributed by atoms with Crippen LogP contribution in [0.15, 0.2) is 0 Å². The summed E-state index contributed by atoms with van der Waals surface area (Å²) in [6.07, 6.45) is 0. The molecule has 0 spiro atoms. The zero-order valence-electron chi connectivity index (χ0n) is 6.04. The molecule has 4 nitrogen and oxygen atoms in total. The molecule has 1 N–H and O–H groups in total. The Morgan fingerprint density at radius 2 is 2.30 bits per heavy atom. The Labute approximate surface area is 62.1 Å². The van der Waals surface area contributed by atoms with Gasteiger partial charge in [0, 0.05) is 13.1 Å². The fourth-order valence-corrected chi connectivity index (χ4v) is 0.700. The molecule has 0 heterocycles. The summed E-state index contributed by atoms with van der Waals surface area (Å²) in [6, 6.07) is 0. The Bertz CT molecular complexity index is 91.0. The van der Waals surface area contributed by atoms with Crippen molar-refractivity contribution >= 4 is 8.69 Å². The Morgan fingerprint density at radius 3 is 2.80 bits per heavy atom. The molecule has 0 aromatic rings. The summed E-state index contributed by atoms with van der Waals surface area (Å²) < 4.78 is 14.4. The predicted octanol–water partition coefficient (Wildman–Crippen LogP) is -0.134. The van der Waals surface area contributed by atoms with Gasteiger partial charge in [-0.3, -0.25) is 0 Å². The third kappa shape index (κ3) is 6.11. The highest BCUT2D eigenvalue weighted by Gasteiger charge is 1.97. The van der Waals surface area contributed by atoms with Gasteiger partial charge >= 0.3 is 8.69 Å². The first-order valence-corrected chi connectivity index (χ1v) is 3.91. The molecular weight excluding hydrogens is 153 g/mol. The second-order valence-corrected chi connectivity index (χ2v) is 2.41. The smallest absolute Gasteiger partial charge is 0.395 e. The zero-order chi connectivity index (χ0) is 7.82. The van der Waals surface area contributed by atoms with Crippen LogP contribution in [0.3, 0.4) is 0 Å². The quantitative estimate of drug-likeness (QED) is 0.441. The highest BCUT2D eigenvalue weighted by molar-refractivity contribution is 7.17. The molecular formula is C5H13NO3P+. The Morgan fingerprint density at radius 1 is 1.60 bits per heavy atom. The lowest BCUT2D eigenvalue weighted by molar-refractivity contribution is 0.198. The van der Waals surface area contributed by atoms with Gasteiger partial charge in [0.2, 0.25) is 0 Å². The van der Waals surface area contributed by atoms with Gasteiger partial charge in [-0.05, 0) is 11.6 Å². The summed E-state index contributed by atoms with van der Waals surface area (Å²) in [5.74, 6) is 0. The van der Waals surface area contributed by atoms with E-state index in [0.717, 1.165) is 0 Å². The first kappa shape index (κ1) is 9.98. The van der Waals surface area contributed by atoms with Gasteiger partial charge < -0.3 is 10.0 Å². The van der Waals surface area contributed by atoms with E-state index in [9.17, 15) is 4.57 Å². The van der Waals surface area contributed by atoms with Crippen molar-refractivity contribution in [1.82, 2.24) is 4.90 Å². The Kier molecular flexibility index (Phi) is 7.08. The monoisotopic (exact) mass is 166 g/mol. The molecule has 5 heteroatoms. The third-order valence-corrected chi connectivity index (χ3v) is 1.44. The van der Waals surface area contributed by atoms with Crippen LogP contribution >= 0.6 is 8.69 Å². The van der Waals surface area contributed by atoms with Crippen molar-refractivity contribution in [2.45, 2.75) is 0 Å². The molecule has 10 heavy (non-hydrogen) atoms. The lowest BCUT2D eigenvalue weighted by Gasteiger charge is -2.11. The van der Waals surface area contributed by atoms with Crippen LogP contribution in [0.4, 0.5) is 0 Å². The normalized spacial score (nSPS) is 11.1. The van der Waals surface area contributed by atoms with Gasteiger partial charge in [0.05, 0.1) is 6.61 Å². The Hall–Kier alpha value is -0.0200. The zero-order valence-corrected chi connectivity index (χ0v) is 7.04. The van der Waals surface area contributed by atoms with Crippen LogP contribution in [-0.4, -0.2) is 43.4 Å². The van der Waals surface area contributed by atoms with Gasteiger partial charge in [-0.2, -0.15) is 0 Å². The van der Waals surface area contributed by atoms with Crippen molar-refractivity contribution in [3.05, 3.63) is 0 Å². The fraction of sp³-hybridized carbons (Fsp3) is 1.00. The number of nitrogens with zero attached hydrogens (tertiary/aromatic N) is 1. The SMILES string of the molecule is CN(CCO)CCO[PH+]=O. The first-order chi connectivity index (χ1) is 4.81. The van der Waals surface area contributed by atoms with Crippen molar-refractivity contribution < 1.29 is 14.2 Å². The van der Waals surface area contributed by atoms with Crippen LogP contribution in [0, 0.1) is 0 Å². The minimum atomic E-state index is -0.680. The predicted molar refractivity (Wildman–Crippen MR) is 39.5 cm³/mol. The molecule has 0 amide bonds. The molecule has 0 radical (unpaired) electrons. The van der Waals surface area contributed by atoms with Crippen LogP contribution < -0.4 is 0 Å². The average molecular weight is 166 g/mol. The molecule has 0 aromatic heterocycles. The summed E-state index contributed by atoms with van der Waals surface area (Å²) in [5.41, 5.74) is 0. The van der Waals surface area contributed by atoms with Gasteiger partial charge in [0.1, 0.15) is 6.61 Å². The standard InChI is InChI=1S/C5H13NO3P/c1-6(2-4-7)3-5-9-10-8/h7,10H,2-5H2,1H3/q+1. The van der Waals surface area contributed by atoms with E-state index in [1.54, 1.807) is 0 Å². The summed E-state index contributed by atoms with van der Waals surface area (Å²) in [5, 5.41) is 8.45. The summed E-state index contributed by atoms with van der Waals surface area (Å²) in [4.78, 5) is 1.90. The molecule has 0 aliphatic carbocycles. The van der Waals surface area contributed by atoms with Crippen molar-refractivity contribution in [2.24, 2.45) is 0 Å². The molecule has 60 valence electrons. The lowest BCUT2D eigenvalue weighted by atomic mass is 10.5. The molecule has 1 atom stereocenters. The van der Waals surface area contributed by atoms with Gasteiger partial charge in [-0.1, -0.05) is 0 Å². The number of likely N-dealkylation sites (N-methyl/N-ethyl adjacent to an activating group) is 1. The number of hydrogen-bond acceptors (Lipinski definition) is 4. The number of aliphatic hydroxyl groups excluding tert-OH is 1. The minimum absolute atomic E-state index is 0.149. The number of hydrogen-bond donors (Lipinski definition) is 1. The van der Waals surface area contributed by atoms with Crippen molar-refractivity contribution in [3.63, 3.8) is 0 Å². The molecule has 0 aromatic carbocycles. The second kappa shape index (κ2) is 7.09. The van der Waals surface area contributed by atoms with Crippen molar-refractivity contribution in [1.29, 1.82) is 0 Å². The first-order valence-electron chi connectivity index (χ1n) is 3.09. The number of aliphatic hydroxyl groups is 1. The highest BCUT2D eigenvalue weighted by Crippen LogP contribution is 1.93. The largest absolute Gasteiger partial charge is 0.494 e. The van der Waals surface area contributed by atoms with Crippen LogP contribution in [-0.2, 0) is 9.09 Å². The molecule has 0 aliphatic rings. The summed E-state index contributed by atoms with van der Waals surface area (Å²) >= 11 is 0. The van der Waals surface area contributed by atoms with Gasteiger partial charge in [-0.15, -0.1) is 4.52 Å². The van der Waals surface area contributed by atoms with Crippen molar-refractivity contribution in [2.75, 3.05) is 33.4 Å². The topological polar surface area (TPSA) is 49.8 Å². The van der Waals surface area contributed by atoms with E-state index >= 15 is 0 Å². The summed E-state index contributed by atoms with van der Waals surface area (Å²) in [7, 11) is 1.19. The molecule has 1 unspecified atom stereocenters. The minimum Gasteiger partial charge on any atom is -0.395 e.